The van der Waals surface area contributed by atoms with Gasteiger partial charge in [-0.2, -0.15) is 13.5 Å². The molecule has 6 heterocycles. The Kier molecular flexibility index (Phi) is 13.3. The predicted octanol–water partition coefficient (Wildman–Crippen LogP) is 0.191. The monoisotopic (exact) mass is 904 g/mol. The first-order valence-corrected chi connectivity index (χ1v) is 19.5. The lowest BCUT2D eigenvalue weighted by Crippen LogP contribution is -2.44. The van der Waals surface area contributed by atoms with Crippen molar-refractivity contribution < 1.29 is 66.5 Å². The quantitative estimate of drug-likeness (QED) is 0.0491. The van der Waals surface area contributed by atoms with Gasteiger partial charge in [0, 0.05) is 36.8 Å². The van der Waals surface area contributed by atoms with Crippen molar-refractivity contribution in [2.75, 3.05) is 24.7 Å². The van der Waals surface area contributed by atoms with E-state index >= 15 is 0 Å². The maximum atomic E-state index is 11.6. The van der Waals surface area contributed by atoms with Crippen molar-refractivity contribution in [3.05, 3.63) is 42.0 Å². The van der Waals surface area contributed by atoms with Crippen molar-refractivity contribution in [2.24, 2.45) is 5.73 Å². The number of ether oxygens (including phenoxy) is 2. The van der Waals surface area contributed by atoms with Crippen LogP contribution in [0, 0.1) is 6.57 Å². The zero-order valence-corrected chi connectivity index (χ0v) is 34.4. The fourth-order valence-corrected chi connectivity index (χ4v) is 7.22. The molecule has 12 N–H and O–H groups in total. The van der Waals surface area contributed by atoms with Gasteiger partial charge >= 0.3 is 15.6 Å². The van der Waals surface area contributed by atoms with Gasteiger partial charge in [0.25, 0.3) is 0 Å². The van der Waals surface area contributed by atoms with Gasteiger partial charge in [-0.05, 0) is 13.8 Å². The first kappa shape index (κ1) is 43.0. The first-order chi connectivity index (χ1) is 26.6. The van der Waals surface area contributed by atoms with E-state index in [2.05, 4.69) is 33.4 Å². The summed E-state index contributed by atoms with van der Waals surface area (Å²) in [7, 11) is -11.0. The van der Waals surface area contributed by atoms with Gasteiger partial charge in [-0.1, -0.05) is 12.2 Å². The molecule has 24 nitrogen and oxygen atoms in total. The molecule has 2 fully saturated rings. The molecule has 4 aromatic heterocycles. The van der Waals surface area contributed by atoms with Gasteiger partial charge in [-0.3, -0.25) is 17.7 Å². The molecule has 56 heavy (non-hydrogen) atoms. The molecule has 6 rings (SSSR count). The van der Waals surface area contributed by atoms with Crippen molar-refractivity contribution in [1.29, 1.82) is 2.56 Å². The van der Waals surface area contributed by atoms with Crippen LogP contribution in [0.4, 0.5) is 17.3 Å². The summed E-state index contributed by atoms with van der Waals surface area (Å²) in [6.07, 6.45) is -2.59. The maximum Gasteiger partial charge on any atom is 0.474 e. The minimum absolute atomic E-state index is 0. The number of phosphoric ester groups is 2. The number of rotatable bonds is 13. The lowest BCUT2D eigenvalue weighted by atomic mass is 9.96. The number of nitrogens with two attached hydrogens (primary N) is 3. The Morgan fingerprint density at radius 1 is 0.929 bits per heavy atom. The second-order valence-corrected chi connectivity index (χ2v) is 16.7. The minimum atomic E-state index is -4.49. The molecule has 2 aliphatic heterocycles. The molecule has 4 unspecified atom stereocenters. The van der Waals surface area contributed by atoms with E-state index < -0.39 is 95.8 Å². The van der Waals surface area contributed by atoms with Crippen LogP contribution < -0.4 is 17.2 Å². The van der Waals surface area contributed by atoms with E-state index in [0.29, 0.717) is 10.9 Å². The number of aromatic nitrogens is 6. The number of aliphatic hydroxyl groups excluding tert-OH is 2. The summed E-state index contributed by atoms with van der Waals surface area (Å²) >= 11 is 5.04. The largest absolute Gasteiger partial charge is 0.474 e. The van der Waals surface area contributed by atoms with Crippen LogP contribution >= 0.6 is 60.2 Å². The number of fused-ring (bicyclic) bond motifs is 2. The van der Waals surface area contributed by atoms with E-state index in [1.54, 1.807) is 0 Å². The number of phosphoric acid groups is 2. The van der Waals surface area contributed by atoms with Crippen molar-refractivity contribution in [3.63, 3.8) is 0 Å². The van der Waals surface area contributed by atoms with Gasteiger partial charge in [-0.25, -0.2) is 33.9 Å². The summed E-state index contributed by atoms with van der Waals surface area (Å²) in [5, 5.41) is 43.2. The molecule has 308 valence electrons. The van der Waals surface area contributed by atoms with Crippen molar-refractivity contribution in [1.82, 2.24) is 29.1 Å². The third-order valence-electron chi connectivity index (χ3n) is 8.69. The number of nitrogen functional groups attached to an aromatic ring is 2. The zero-order chi connectivity index (χ0) is 42.2. The van der Waals surface area contributed by atoms with Crippen LogP contribution in [-0.4, -0.2) is 116 Å². The van der Waals surface area contributed by atoms with Gasteiger partial charge in [-0.15, -0.1) is 0 Å². The van der Waals surface area contributed by atoms with E-state index in [-0.39, 0.29) is 52.5 Å². The SMILES string of the molecule is S.[2H]POP(=O)(O)OC[C@H]1O[C@@H](n2cc(C(N)=S)c3c(N)ncnc32)[C@](C)(O)[C@@H]1O.[2H]POP(=O)(O)OC[C@H]1O[C@@H](n2cc([N+]#[C-])c3c(N)ncnc32)[C@](C)(O)[C@@H]1O. The molecule has 12 atom stereocenters. The number of nitrogens with zero attached hydrogens (tertiary/aromatic N) is 7. The number of aliphatic hydroxyl groups is 4. The Bertz CT molecular complexity index is 2290. The third-order valence-corrected chi connectivity index (χ3v) is 11.7. The molecule has 0 amide bonds. The number of hydrogen-bond donors (Lipinski definition) is 9. The van der Waals surface area contributed by atoms with E-state index in [0.717, 1.165) is 0 Å². The van der Waals surface area contributed by atoms with Gasteiger partial charge < -0.3 is 66.0 Å². The van der Waals surface area contributed by atoms with Crippen LogP contribution in [0.1, 0.15) is 31.9 Å². The molecule has 2 saturated heterocycles. The molecular formula is C26H38N10O14P4S2. The average molecular weight is 905 g/mol. The Balaban J connectivity index is 0.000000252. The summed E-state index contributed by atoms with van der Waals surface area (Å²) in [6, 6.07) is 0. The highest BCUT2D eigenvalue weighted by molar-refractivity contribution is 7.80. The lowest BCUT2D eigenvalue weighted by molar-refractivity contribution is -0.0947. The van der Waals surface area contributed by atoms with Gasteiger partial charge in [0.1, 0.15) is 76.2 Å². The summed E-state index contributed by atoms with van der Waals surface area (Å²) < 4.78 is 69.0. The van der Waals surface area contributed by atoms with E-state index in [4.69, 9.17) is 57.1 Å². The molecule has 0 bridgehead atoms. The van der Waals surface area contributed by atoms with Crippen LogP contribution in [0.3, 0.4) is 0 Å². The van der Waals surface area contributed by atoms with Gasteiger partial charge in [0.15, 0.2) is 12.5 Å². The Hall–Kier alpha value is -2.59. The summed E-state index contributed by atoms with van der Waals surface area (Å²) in [6.45, 7) is 8.76. The minimum Gasteiger partial charge on any atom is -0.389 e. The molecule has 0 aromatic carbocycles. The first-order valence-electron chi connectivity index (χ1n) is 16.3. The third kappa shape index (κ3) is 8.86. The van der Waals surface area contributed by atoms with Crippen LogP contribution in [0.15, 0.2) is 25.0 Å². The van der Waals surface area contributed by atoms with E-state index in [1.807, 2.05) is 0 Å². The number of thiocarbonyl (C=S) groups is 1. The summed E-state index contributed by atoms with van der Waals surface area (Å²) in [4.78, 5) is 38.2. The van der Waals surface area contributed by atoms with Crippen molar-refractivity contribution in [2.45, 2.75) is 61.9 Å². The normalized spacial score (nSPS) is 30.4. The van der Waals surface area contributed by atoms with Crippen LogP contribution in [0.2, 0.25) is 0 Å². The standard InChI is InChI=1S/C13H19N5O7P2S.C13H17N5O7P2.H2S/c1-13(20)8(19)6(3-23-27(21,22)25-26)24-12(13)18-2-5(10(15)28)7-9(14)16-4-17-11(7)18;1-13(20)9(19)7(4-23-27(21,22)25-26)24-12(13)18-3-6(15-2)8-10(14)16-5-17-11(8)18;/h2,4,6,8,12,19-20H,3,26H2,1H3,(H2,15,28)(H,21,22)(H2,14,16,17);3,5,7,9,12,19-20H,4,26H2,1H3,(H,21,22)(H2,14,16,17);1H2/t6-,8-,12-,13-;7-,9-,12-,13-;/m11./s1/i2*26D;/t6-,8-,12-,13-,26?;7-,9-,12-,13-,26?;. The molecule has 0 spiro atoms. The lowest BCUT2D eigenvalue weighted by Gasteiger charge is -2.27. The Morgan fingerprint density at radius 2 is 1.36 bits per heavy atom. The molecule has 0 saturated carbocycles. The molecule has 0 radical (unpaired) electrons. The summed E-state index contributed by atoms with van der Waals surface area (Å²) in [5.74, 6) is 0.187. The van der Waals surface area contributed by atoms with E-state index in [1.165, 1.54) is 48.0 Å². The molecular weight excluding hydrogens is 864 g/mol. The van der Waals surface area contributed by atoms with Crippen LogP contribution in [0.25, 0.3) is 26.9 Å². The maximum absolute atomic E-state index is 11.6. The smallest absolute Gasteiger partial charge is 0.389 e. The average Bonchev–Trinajstić information content (AvgIpc) is 3.83. The van der Waals surface area contributed by atoms with Gasteiger partial charge in [0.2, 0.25) is 5.69 Å². The number of hydrogen-bond acceptors (Lipinski definition) is 19. The molecule has 2 aliphatic rings. The number of anilines is 2. The van der Waals surface area contributed by atoms with Crippen LogP contribution in [-0.2, 0) is 36.3 Å². The van der Waals surface area contributed by atoms with E-state index in [9.17, 15) is 39.3 Å². The Morgan fingerprint density at radius 3 is 1.79 bits per heavy atom. The fraction of sp³-hybridized carbons (Fsp3) is 0.462. The van der Waals surface area contributed by atoms with Crippen molar-refractivity contribution in [3.8, 4) is 0 Å². The molecule has 4 aromatic rings. The second kappa shape index (κ2) is 17.3. The highest BCUT2D eigenvalue weighted by Gasteiger charge is 2.55. The second-order valence-electron chi connectivity index (χ2n) is 12.4. The Labute approximate surface area is 336 Å². The highest BCUT2D eigenvalue weighted by Crippen LogP contribution is 2.49. The molecule has 0 aliphatic carbocycles. The van der Waals surface area contributed by atoms with Crippen molar-refractivity contribution >= 4 is 105 Å². The highest BCUT2D eigenvalue weighted by atomic mass is 32.1. The molecule has 30 heteroatoms. The van der Waals surface area contributed by atoms with Gasteiger partial charge in [0.05, 0.1) is 33.1 Å². The summed E-state index contributed by atoms with van der Waals surface area (Å²) in [5.41, 5.74) is 14.7. The zero-order valence-electron chi connectivity index (χ0n) is 30.8. The predicted molar refractivity (Wildman–Crippen MR) is 211 cm³/mol. The fourth-order valence-electron chi connectivity index (χ4n) is 5.97. The topological polar surface area (TPSA) is 355 Å². The van der Waals surface area contributed by atoms with Crippen LogP contribution in [0.5, 0.6) is 0 Å².